The highest BCUT2D eigenvalue weighted by Gasteiger charge is 2.35. The molecule has 0 spiro atoms. The molecule has 1 aromatic carbocycles. The van der Waals surface area contributed by atoms with Gasteiger partial charge in [-0.1, -0.05) is 12.1 Å². The third-order valence-corrected chi connectivity index (χ3v) is 6.07. The number of benzene rings is 1. The Morgan fingerprint density at radius 2 is 1.96 bits per heavy atom. The van der Waals surface area contributed by atoms with E-state index in [0.717, 1.165) is 31.6 Å². The number of hydrogen-bond acceptors (Lipinski definition) is 2. The highest BCUT2D eigenvalue weighted by molar-refractivity contribution is 5.83. The molecule has 3 aromatic rings. The van der Waals surface area contributed by atoms with Crippen molar-refractivity contribution in [3.8, 4) is 0 Å². The number of pyridine rings is 1. The van der Waals surface area contributed by atoms with Crippen LogP contribution in [0.1, 0.15) is 41.4 Å². The van der Waals surface area contributed by atoms with Gasteiger partial charge in [-0.15, -0.1) is 0 Å². The first-order chi connectivity index (χ1) is 12.7. The van der Waals surface area contributed by atoms with Crippen LogP contribution in [0.15, 0.2) is 36.4 Å². The minimum absolute atomic E-state index is 0.168. The minimum Gasteiger partial charge on any atom is -0.343 e. The summed E-state index contributed by atoms with van der Waals surface area (Å²) >= 11 is 0. The first-order valence-corrected chi connectivity index (χ1v) is 9.68. The van der Waals surface area contributed by atoms with Gasteiger partial charge in [-0.2, -0.15) is 0 Å². The number of aromatic nitrogens is 2. The first-order valence-electron chi connectivity index (χ1n) is 9.68. The monoisotopic (exact) mass is 349 g/mol. The second-order valence-electron chi connectivity index (χ2n) is 7.65. The van der Waals surface area contributed by atoms with Gasteiger partial charge in [0.15, 0.2) is 0 Å². The van der Waals surface area contributed by atoms with Crippen molar-refractivity contribution in [2.24, 2.45) is 0 Å². The predicted molar refractivity (Wildman–Crippen MR) is 102 cm³/mol. The molecule has 26 heavy (non-hydrogen) atoms. The van der Waals surface area contributed by atoms with Gasteiger partial charge in [0.25, 0.3) is 0 Å². The maximum Gasteiger partial charge on any atom is 0.123 e. The van der Waals surface area contributed by atoms with E-state index in [1.54, 1.807) is 12.1 Å². The fraction of sp³-hybridized carbons (Fsp3) is 0.409. The van der Waals surface area contributed by atoms with Gasteiger partial charge in [0.05, 0.1) is 11.0 Å². The molecule has 0 bridgehead atoms. The van der Waals surface area contributed by atoms with Crippen molar-refractivity contribution in [2.75, 3.05) is 13.1 Å². The van der Waals surface area contributed by atoms with Crippen molar-refractivity contribution >= 4 is 11.0 Å². The zero-order chi connectivity index (χ0) is 17.7. The van der Waals surface area contributed by atoms with Crippen molar-refractivity contribution in [3.63, 3.8) is 0 Å². The molecular formula is C22H24FN3. The average Bonchev–Trinajstić information content (AvgIpc) is 3.23. The van der Waals surface area contributed by atoms with Crippen molar-refractivity contribution in [1.82, 2.24) is 14.5 Å². The van der Waals surface area contributed by atoms with E-state index in [2.05, 4.69) is 28.5 Å². The van der Waals surface area contributed by atoms with Gasteiger partial charge < -0.3 is 4.57 Å². The molecule has 2 aliphatic rings. The predicted octanol–water partition coefficient (Wildman–Crippen LogP) is 4.42. The average molecular weight is 349 g/mol. The number of aryl methyl sites for hydroxylation is 3. The van der Waals surface area contributed by atoms with E-state index in [-0.39, 0.29) is 5.82 Å². The Morgan fingerprint density at radius 1 is 1.12 bits per heavy atom. The Kier molecular flexibility index (Phi) is 3.82. The Labute approximate surface area is 153 Å². The molecular weight excluding hydrogens is 325 g/mol. The fourth-order valence-electron chi connectivity index (χ4n) is 4.83. The molecule has 0 radical (unpaired) electrons. The summed E-state index contributed by atoms with van der Waals surface area (Å²) < 4.78 is 15.7. The van der Waals surface area contributed by atoms with Crippen LogP contribution in [0.5, 0.6) is 0 Å². The minimum atomic E-state index is -0.168. The summed E-state index contributed by atoms with van der Waals surface area (Å²) in [5.74, 6) is -0.168. The SMILES string of the molecule is Cc1ccc2c(n1)c1c(n2CCc2ccc(F)cc2)CCN2CCCC12. The van der Waals surface area contributed by atoms with Crippen LogP contribution in [0.2, 0.25) is 0 Å². The largest absolute Gasteiger partial charge is 0.343 e. The van der Waals surface area contributed by atoms with Gasteiger partial charge in [0, 0.05) is 42.5 Å². The number of fused-ring (bicyclic) bond motifs is 5. The van der Waals surface area contributed by atoms with Gasteiger partial charge >= 0.3 is 0 Å². The summed E-state index contributed by atoms with van der Waals surface area (Å²) in [6, 6.07) is 11.8. The first kappa shape index (κ1) is 16.0. The number of hydrogen-bond donors (Lipinski definition) is 0. The molecule has 0 saturated carbocycles. The normalized spacial score (nSPS) is 19.7. The maximum absolute atomic E-state index is 13.2. The molecule has 1 atom stereocenters. The summed E-state index contributed by atoms with van der Waals surface area (Å²) in [6.07, 6.45) is 4.56. The van der Waals surface area contributed by atoms with Gasteiger partial charge in [0.1, 0.15) is 5.82 Å². The van der Waals surface area contributed by atoms with E-state index in [9.17, 15) is 4.39 Å². The standard InChI is InChI=1S/C22H24FN3/c1-15-4-9-20-22(24-15)21-18-3-2-12-25(18)13-11-19(21)26(20)14-10-16-5-7-17(23)8-6-16/h4-9,18H,2-3,10-14H2,1H3. The van der Waals surface area contributed by atoms with Crippen molar-refractivity contribution < 1.29 is 4.39 Å². The van der Waals surface area contributed by atoms with Gasteiger partial charge in [-0.25, -0.2) is 4.39 Å². The van der Waals surface area contributed by atoms with Gasteiger partial charge in [-0.3, -0.25) is 9.88 Å². The van der Waals surface area contributed by atoms with E-state index < -0.39 is 0 Å². The van der Waals surface area contributed by atoms with Crippen LogP contribution in [-0.2, 0) is 19.4 Å². The highest BCUT2D eigenvalue weighted by atomic mass is 19.1. The lowest BCUT2D eigenvalue weighted by Gasteiger charge is -2.30. The van der Waals surface area contributed by atoms with Crippen LogP contribution in [0, 0.1) is 12.7 Å². The fourth-order valence-corrected chi connectivity index (χ4v) is 4.83. The Morgan fingerprint density at radius 3 is 2.81 bits per heavy atom. The van der Waals surface area contributed by atoms with Crippen molar-refractivity contribution in [1.29, 1.82) is 0 Å². The van der Waals surface area contributed by atoms with E-state index in [1.165, 1.54) is 47.2 Å². The molecule has 0 N–H and O–H groups in total. The third kappa shape index (κ3) is 2.55. The van der Waals surface area contributed by atoms with Crippen LogP contribution in [0.25, 0.3) is 11.0 Å². The zero-order valence-electron chi connectivity index (χ0n) is 15.2. The van der Waals surface area contributed by atoms with Crippen molar-refractivity contribution in [3.05, 3.63) is 64.7 Å². The summed E-state index contributed by atoms with van der Waals surface area (Å²) in [4.78, 5) is 7.57. The lowest BCUT2D eigenvalue weighted by atomic mass is 9.98. The molecule has 4 heterocycles. The Bertz CT molecular complexity index is 958. The quantitative estimate of drug-likeness (QED) is 0.698. The zero-order valence-corrected chi connectivity index (χ0v) is 15.2. The summed E-state index contributed by atoms with van der Waals surface area (Å²) in [7, 11) is 0. The Hall–Kier alpha value is -2.20. The molecule has 2 aliphatic heterocycles. The highest BCUT2D eigenvalue weighted by Crippen LogP contribution is 2.42. The van der Waals surface area contributed by atoms with E-state index in [0.29, 0.717) is 6.04 Å². The summed E-state index contributed by atoms with van der Waals surface area (Å²) in [5, 5.41) is 0. The molecule has 3 nitrogen and oxygen atoms in total. The number of nitrogens with zero attached hydrogens (tertiary/aromatic N) is 3. The van der Waals surface area contributed by atoms with Gasteiger partial charge in [0.2, 0.25) is 0 Å². The van der Waals surface area contributed by atoms with Crippen LogP contribution in [0.3, 0.4) is 0 Å². The second kappa shape index (κ2) is 6.20. The lowest BCUT2D eigenvalue weighted by molar-refractivity contribution is 0.241. The lowest BCUT2D eigenvalue weighted by Crippen LogP contribution is -2.31. The molecule has 1 saturated heterocycles. The molecule has 5 rings (SSSR count). The van der Waals surface area contributed by atoms with E-state index in [1.807, 2.05) is 12.1 Å². The van der Waals surface area contributed by atoms with E-state index >= 15 is 0 Å². The number of halogens is 1. The molecule has 1 fully saturated rings. The third-order valence-electron chi connectivity index (χ3n) is 6.07. The van der Waals surface area contributed by atoms with Crippen LogP contribution >= 0.6 is 0 Å². The van der Waals surface area contributed by atoms with E-state index in [4.69, 9.17) is 4.98 Å². The summed E-state index contributed by atoms with van der Waals surface area (Å²) in [6.45, 7) is 5.38. The van der Waals surface area contributed by atoms with Crippen molar-refractivity contribution in [2.45, 2.75) is 45.2 Å². The molecule has 134 valence electrons. The molecule has 2 aromatic heterocycles. The molecule has 4 heteroatoms. The summed E-state index contributed by atoms with van der Waals surface area (Å²) in [5.41, 5.74) is 7.69. The molecule has 0 amide bonds. The second-order valence-corrected chi connectivity index (χ2v) is 7.65. The smallest absolute Gasteiger partial charge is 0.123 e. The van der Waals surface area contributed by atoms with Crippen LogP contribution < -0.4 is 0 Å². The van der Waals surface area contributed by atoms with Crippen LogP contribution in [-0.4, -0.2) is 27.5 Å². The number of rotatable bonds is 3. The maximum atomic E-state index is 13.2. The topological polar surface area (TPSA) is 21.1 Å². The van der Waals surface area contributed by atoms with Gasteiger partial charge in [-0.05, 0) is 62.6 Å². The Balaban J connectivity index is 1.57. The van der Waals surface area contributed by atoms with Crippen LogP contribution in [0.4, 0.5) is 4.39 Å². The molecule has 0 aliphatic carbocycles. The molecule has 1 unspecified atom stereocenters.